The summed E-state index contributed by atoms with van der Waals surface area (Å²) in [5.41, 5.74) is 1.04. The molecule has 2 aromatic carbocycles. The Hall–Kier alpha value is -3.39. The third-order valence-electron chi connectivity index (χ3n) is 4.17. The van der Waals surface area contributed by atoms with Gasteiger partial charge in [0, 0.05) is 30.0 Å². The Morgan fingerprint density at radius 1 is 1.11 bits per heavy atom. The van der Waals surface area contributed by atoms with Crippen LogP contribution in [-0.2, 0) is 18.4 Å². The van der Waals surface area contributed by atoms with Gasteiger partial charge in [-0.25, -0.2) is 9.97 Å². The van der Waals surface area contributed by atoms with E-state index in [-0.39, 0.29) is 18.0 Å². The first-order chi connectivity index (χ1) is 13.6. The van der Waals surface area contributed by atoms with Crippen LogP contribution in [0.4, 0.5) is 5.69 Å². The molecule has 0 aliphatic rings. The van der Waals surface area contributed by atoms with E-state index in [1.54, 1.807) is 24.4 Å². The largest absolute Gasteiger partial charge is 0.329 e. The number of hydrogen-bond donors (Lipinski definition) is 1. The van der Waals surface area contributed by atoms with Crippen LogP contribution < -0.4 is 10.9 Å². The van der Waals surface area contributed by atoms with E-state index in [0.29, 0.717) is 16.6 Å². The van der Waals surface area contributed by atoms with Crippen molar-refractivity contribution in [2.45, 2.75) is 16.6 Å². The summed E-state index contributed by atoms with van der Waals surface area (Å²) < 4.78 is 3.25. The van der Waals surface area contributed by atoms with Gasteiger partial charge in [-0.2, -0.15) is 0 Å². The molecule has 28 heavy (non-hydrogen) atoms. The highest BCUT2D eigenvalue weighted by molar-refractivity contribution is 7.99. The van der Waals surface area contributed by atoms with Crippen LogP contribution in [0.2, 0.25) is 0 Å². The monoisotopic (exact) mass is 391 g/mol. The number of hydrogen-bond acceptors (Lipinski definition) is 5. The van der Waals surface area contributed by atoms with Gasteiger partial charge in [0.1, 0.15) is 6.54 Å². The number of fused-ring (bicyclic) bond motifs is 1. The fourth-order valence-electron chi connectivity index (χ4n) is 2.74. The summed E-state index contributed by atoms with van der Waals surface area (Å²) in [6.45, 7) is -0.0968. The van der Waals surface area contributed by atoms with E-state index in [2.05, 4.69) is 15.3 Å². The van der Waals surface area contributed by atoms with Gasteiger partial charge in [0.25, 0.3) is 5.56 Å². The third-order valence-corrected chi connectivity index (χ3v) is 5.25. The van der Waals surface area contributed by atoms with Crippen LogP contribution in [0.15, 0.2) is 82.1 Å². The highest BCUT2D eigenvalue weighted by Gasteiger charge is 2.09. The molecule has 0 aliphatic carbocycles. The standard InChI is InChI=1S/C20H17N5O2S/c1-24-11-10-21-20(24)28-15-8-6-14(7-9-15)23-18(26)12-25-13-22-17-5-3-2-4-16(17)19(25)27/h2-11,13H,12H2,1H3,(H,23,26). The molecule has 4 aromatic rings. The molecule has 1 amide bonds. The number of carbonyl (C=O) groups is 1. The van der Waals surface area contributed by atoms with Gasteiger partial charge in [-0.1, -0.05) is 23.9 Å². The van der Waals surface area contributed by atoms with E-state index >= 15 is 0 Å². The zero-order chi connectivity index (χ0) is 19.5. The van der Waals surface area contributed by atoms with Crippen molar-refractivity contribution in [2.75, 3.05) is 5.32 Å². The highest BCUT2D eigenvalue weighted by Crippen LogP contribution is 2.26. The number of benzene rings is 2. The number of carbonyl (C=O) groups excluding carboxylic acids is 1. The SMILES string of the molecule is Cn1ccnc1Sc1ccc(NC(=O)Cn2cnc3ccccc3c2=O)cc1. The number of aromatic nitrogens is 4. The molecule has 1 N–H and O–H groups in total. The zero-order valence-corrected chi connectivity index (χ0v) is 15.9. The number of para-hydroxylation sites is 1. The molecule has 0 aliphatic heterocycles. The maximum Gasteiger partial charge on any atom is 0.261 e. The van der Waals surface area contributed by atoms with E-state index in [4.69, 9.17) is 0 Å². The molecule has 0 saturated carbocycles. The van der Waals surface area contributed by atoms with E-state index in [0.717, 1.165) is 10.1 Å². The van der Waals surface area contributed by atoms with E-state index in [9.17, 15) is 9.59 Å². The Balaban J connectivity index is 1.43. The lowest BCUT2D eigenvalue weighted by Crippen LogP contribution is -2.27. The molecule has 8 heteroatoms. The second-order valence-corrected chi connectivity index (χ2v) is 7.23. The Labute approximate surface area is 165 Å². The molecule has 4 rings (SSSR count). The predicted molar refractivity (Wildman–Crippen MR) is 108 cm³/mol. The Bertz CT molecular complexity index is 1200. The molecule has 2 aromatic heterocycles. The number of nitrogens with one attached hydrogen (secondary N) is 1. The average molecular weight is 391 g/mol. The number of amides is 1. The lowest BCUT2D eigenvalue weighted by atomic mass is 10.2. The number of rotatable bonds is 5. The second-order valence-electron chi connectivity index (χ2n) is 6.19. The molecule has 2 heterocycles. The molecular formula is C20H17N5O2S. The van der Waals surface area contributed by atoms with Gasteiger partial charge in [-0.15, -0.1) is 0 Å². The lowest BCUT2D eigenvalue weighted by molar-refractivity contribution is -0.116. The van der Waals surface area contributed by atoms with Crippen LogP contribution in [-0.4, -0.2) is 25.0 Å². The Morgan fingerprint density at radius 3 is 2.64 bits per heavy atom. The normalized spacial score (nSPS) is 10.9. The van der Waals surface area contributed by atoms with Crippen molar-refractivity contribution < 1.29 is 4.79 Å². The summed E-state index contributed by atoms with van der Waals surface area (Å²) in [4.78, 5) is 34.3. The van der Waals surface area contributed by atoms with Gasteiger partial charge in [0.05, 0.1) is 17.2 Å². The first-order valence-electron chi connectivity index (χ1n) is 8.59. The number of imidazole rings is 1. The quantitative estimate of drug-likeness (QED) is 0.566. The minimum Gasteiger partial charge on any atom is -0.329 e. The fourth-order valence-corrected chi connectivity index (χ4v) is 3.54. The van der Waals surface area contributed by atoms with Gasteiger partial charge in [0.2, 0.25) is 5.91 Å². The van der Waals surface area contributed by atoms with E-state index in [1.165, 1.54) is 22.7 Å². The molecule has 7 nitrogen and oxygen atoms in total. The maximum atomic E-state index is 12.5. The van der Waals surface area contributed by atoms with Crippen LogP contribution in [0.3, 0.4) is 0 Å². The molecular weight excluding hydrogens is 374 g/mol. The van der Waals surface area contributed by atoms with Crippen molar-refractivity contribution in [3.63, 3.8) is 0 Å². The zero-order valence-electron chi connectivity index (χ0n) is 15.1. The van der Waals surface area contributed by atoms with Crippen molar-refractivity contribution in [3.8, 4) is 0 Å². The molecule has 0 spiro atoms. The third kappa shape index (κ3) is 3.81. The molecule has 140 valence electrons. The van der Waals surface area contributed by atoms with Gasteiger partial charge in [-0.05, 0) is 36.4 Å². The van der Waals surface area contributed by atoms with Crippen LogP contribution in [0.1, 0.15) is 0 Å². The minimum absolute atomic E-state index is 0.0968. The molecule has 0 radical (unpaired) electrons. The topological polar surface area (TPSA) is 81.8 Å². The van der Waals surface area contributed by atoms with Gasteiger partial charge in [-0.3, -0.25) is 14.2 Å². The summed E-state index contributed by atoms with van der Waals surface area (Å²) in [7, 11) is 1.94. The Kier molecular flexibility index (Phi) is 4.94. The number of aryl methyl sites for hydroxylation is 1. The summed E-state index contributed by atoms with van der Waals surface area (Å²) in [5, 5.41) is 4.19. The summed E-state index contributed by atoms with van der Waals surface area (Å²) in [5.74, 6) is -0.288. The highest BCUT2D eigenvalue weighted by atomic mass is 32.2. The second kappa shape index (κ2) is 7.69. The molecule has 0 saturated heterocycles. The Morgan fingerprint density at radius 2 is 1.89 bits per heavy atom. The van der Waals surface area contributed by atoms with Crippen molar-refractivity contribution in [1.82, 2.24) is 19.1 Å². The van der Waals surface area contributed by atoms with Crippen molar-refractivity contribution >= 4 is 34.3 Å². The number of anilines is 1. The fraction of sp³-hybridized carbons (Fsp3) is 0.100. The molecule has 0 atom stereocenters. The maximum absolute atomic E-state index is 12.5. The summed E-state index contributed by atoms with van der Waals surface area (Å²) in [6.07, 6.45) is 5.04. The van der Waals surface area contributed by atoms with Gasteiger partial charge >= 0.3 is 0 Å². The molecule has 0 bridgehead atoms. The lowest BCUT2D eigenvalue weighted by Gasteiger charge is -2.09. The summed E-state index contributed by atoms with van der Waals surface area (Å²) in [6, 6.07) is 14.6. The van der Waals surface area contributed by atoms with Crippen LogP contribution >= 0.6 is 11.8 Å². The van der Waals surface area contributed by atoms with Crippen LogP contribution in [0, 0.1) is 0 Å². The average Bonchev–Trinajstić information content (AvgIpc) is 3.10. The smallest absolute Gasteiger partial charge is 0.261 e. The van der Waals surface area contributed by atoms with Crippen molar-refractivity contribution in [1.29, 1.82) is 0 Å². The van der Waals surface area contributed by atoms with Gasteiger partial charge in [0.15, 0.2) is 5.16 Å². The van der Waals surface area contributed by atoms with E-state index in [1.807, 2.05) is 48.1 Å². The van der Waals surface area contributed by atoms with Crippen molar-refractivity contribution in [3.05, 3.63) is 77.6 Å². The first-order valence-corrected chi connectivity index (χ1v) is 9.41. The summed E-state index contributed by atoms with van der Waals surface area (Å²) >= 11 is 1.54. The van der Waals surface area contributed by atoms with Crippen molar-refractivity contribution in [2.24, 2.45) is 7.05 Å². The van der Waals surface area contributed by atoms with E-state index < -0.39 is 0 Å². The number of nitrogens with zero attached hydrogens (tertiary/aromatic N) is 4. The molecule has 0 unspecified atom stereocenters. The van der Waals surface area contributed by atoms with Crippen LogP contribution in [0.5, 0.6) is 0 Å². The molecule has 0 fully saturated rings. The minimum atomic E-state index is -0.288. The predicted octanol–water partition coefficient (Wildman–Crippen LogP) is 2.92. The first kappa shape index (κ1) is 18.0. The van der Waals surface area contributed by atoms with Crippen LogP contribution in [0.25, 0.3) is 10.9 Å². The van der Waals surface area contributed by atoms with Gasteiger partial charge < -0.3 is 9.88 Å².